The molecule has 0 saturated carbocycles. The molecular formula is C14H15N5O. The fourth-order valence-electron chi connectivity index (χ4n) is 2.06. The quantitative estimate of drug-likeness (QED) is 0.690. The molecule has 2 N–H and O–H groups in total. The van der Waals surface area contributed by atoms with E-state index in [-0.39, 0.29) is 5.91 Å². The summed E-state index contributed by atoms with van der Waals surface area (Å²) in [6.07, 6.45) is 7.92. The van der Waals surface area contributed by atoms with Gasteiger partial charge in [-0.25, -0.2) is 9.97 Å². The maximum atomic E-state index is 12.0. The van der Waals surface area contributed by atoms with Crippen LogP contribution in [-0.4, -0.2) is 32.0 Å². The molecule has 0 aliphatic heterocycles. The Kier molecular flexibility index (Phi) is 3.45. The lowest BCUT2D eigenvalue weighted by Gasteiger charge is -2.06. The Balaban J connectivity index is 1.53. The number of nitrogens with zero attached hydrogens (tertiary/aromatic N) is 3. The van der Waals surface area contributed by atoms with E-state index in [0.29, 0.717) is 12.1 Å². The van der Waals surface area contributed by atoms with Crippen LogP contribution < -0.4 is 5.32 Å². The number of aromatic amines is 1. The lowest BCUT2D eigenvalue weighted by Crippen LogP contribution is -2.25. The summed E-state index contributed by atoms with van der Waals surface area (Å²) in [6, 6.07) is 5.44. The van der Waals surface area contributed by atoms with Gasteiger partial charge in [0.2, 0.25) is 0 Å². The highest BCUT2D eigenvalue weighted by Gasteiger charge is 2.06. The molecule has 0 aliphatic carbocycles. The van der Waals surface area contributed by atoms with E-state index >= 15 is 0 Å². The summed E-state index contributed by atoms with van der Waals surface area (Å²) in [7, 11) is 0. The molecule has 2 aromatic heterocycles. The first-order chi connectivity index (χ1) is 9.83. The van der Waals surface area contributed by atoms with Gasteiger partial charge in [-0.2, -0.15) is 0 Å². The average molecular weight is 269 g/mol. The number of benzene rings is 1. The van der Waals surface area contributed by atoms with Crippen molar-refractivity contribution in [2.45, 2.75) is 13.0 Å². The molecule has 6 nitrogen and oxygen atoms in total. The molecule has 0 aliphatic rings. The SMILES string of the molecule is O=C(NCCCn1ccnc1)c1ccc2nc[nH]c2c1. The van der Waals surface area contributed by atoms with E-state index in [1.165, 1.54) is 0 Å². The third-order valence-corrected chi connectivity index (χ3v) is 3.12. The number of aryl methyl sites for hydroxylation is 1. The smallest absolute Gasteiger partial charge is 0.251 e. The van der Waals surface area contributed by atoms with Crippen molar-refractivity contribution >= 4 is 16.9 Å². The minimum Gasteiger partial charge on any atom is -0.352 e. The first-order valence-electron chi connectivity index (χ1n) is 6.50. The highest BCUT2D eigenvalue weighted by molar-refractivity contribution is 5.97. The maximum Gasteiger partial charge on any atom is 0.251 e. The molecule has 2 heterocycles. The van der Waals surface area contributed by atoms with E-state index in [0.717, 1.165) is 24.0 Å². The largest absolute Gasteiger partial charge is 0.352 e. The van der Waals surface area contributed by atoms with Gasteiger partial charge in [0.25, 0.3) is 5.91 Å². The van der Waals surface area contributed by atoms with Gasteiger partial charge < -0.3 is 14.9 Å². The maximum absolute atomic E-state index is 12.0. The highest BCUT2D eigenvalue weighted by Crippen LogP contribution is 2.11. The number of imidazole rings is 2. The van der Waals surface area contributed by atoms with Gasteiger partial charge in [0, 0.05) is 31.0 Å². The second-order valence-electron chi connectivity index (χ2n) is 4.54. The zero-order valence-corrected chi connectivity index (χ0v) is 10.9. The summed E-state index contributed by atoms with van der Waals surface area (Å²) in [4.78, 5) is 23.1. The number of nitrogens with one attached hydrogen (secondary N) is 2. The normalized spacial score (nSPS) is 10.8. The molecule has 1 aromatic carbocycles. The minimum absolute atomic E-state index is 0.0628. The van der Waals surface area contributed by atoms with Gasteiger partial charge in [0.15, 0.2) is 0 Å². The summed E-state index contributed by atoms with van der Waals surface area (Å²) in [5, 5.41) is 2.91. The van der Waals surface area contributed by atoms with Crippen LogP contribution in [0.1, 0.15) is 16.8 Å². The lowest BCUT2D eigenvalue weighted by atomic mass is 10.2. The Bertz CT molecular complexity index is 701. The van der Waals surface area contributed by atoms with Crippen LogP contribution in [0.4, 0.5) is 0 Å². The molecule has 1 amide bonds. The number of carbonyl (C=O) groups is 1. The fraction of sp³-hybridized carbons (Fsp3) is 0.214. The Morgan fingerprint density at radius 1 is 1.40 bits per heavy atom. The van der Waals surface area contributed by atoms with Crippen LogP contribution in [0.15, 0.2) is 43.2 Å². The standard InChI is InChI=1S/C14H15N5O/c20-14(16-4-1-6-19-7-5-15-10-19)11-2-3-12-13(8-11)18-9-17-12/h2-3,5,7-10H,1,4,6H2,(H,16,20)(H,17,18). The molecule has 6 heteroatoms. The van der Waals surface area contributed by atoms with Gasteiger partial charge in [0.1, 0.15) is 0 Å². The number of fused-ring (bicyclic) bond motifs is 1. The van der Waals surface area contributed by atoms with Crippen LogP contribution in [0.3, 0.4) is 0 Å². The van der Waals surface area contributed by atoms with E-state index in [4.69, 9.17) is 0 Å². The zero-order valence-electron chi connectivity index (χ0n) is 10.9. The van der Waals surface area contributed by atoms with Crippen molar-refractivity contribution in [2.24, 2.45) is 0 Å². The highest BCUT2D eigenvalue weighted by atomic mass is 16.1. The second-order valence-corrected chi connectivity index (χ2v) is 4.54. The first kappa shape index (κ1) is 12.4. The Labute approximate surface area is 115 Å². The summed E-state index contributed by atoms with van der Waals surface area (Å²) >= 11 is 0. The molecule has 0 atom stereocenters. The summed E-state index contributed by atoms with van der Waals surface area (Å²) in [5.74, 6) is -0.0628. The molecule has 0 radical (unpaired) electrons. The molecule has 3 rings (SSSR count). The molecular weight excluding hydrogens is 254 g/mol. The number of aromatic nitrogens is 4. The van der Waals surface area contributed by atoms with Crippen LogP contribution in [0.5, 0.6) is 0 Å². The molecule has 102 valence electrons. The number of amides is 1. The predicted octanol–water partition coefficient (Wildman–Crippen LogP) is 1.58. The van der Waals surface area contributed by atoms with Gasteiger partial charge in [0.05, 0.1) is 23.7 Å². The first-order valence-corrected chi connectivity index (χ1v) is 6.50. The Morgan fingerprint density at radius 2 is 2.35 bits per heavy atom. The molecule has 20 heavy (non-hydrogen) atoms. The van der Waals surface area contributed by atoms with Crippen molar-refractivity contribution in [3.63, 3.8) is 0 Å². The Hall–Kier alpha value is -2.63. The van der Waals surface area contributed by atoms with Crippen molar-refractivity contribution in [1.82, 2.24) is 24.8 Å². The zero-order chi connectivity index (χ0) is 13.8. The summed E-state index contributed by atoms with van der Waals surface area (Å²) in [5.41, 5.74) is 2.38. The van der Waals surface area contributed by atoms with E-state index in [9.17, 15) is 4.79 Å². The van der Waals surface area contributed by atoms with Gasteiger partial charge >= 0.3 is 0 Å². The van der Waals surface area contributed by atoms with Gasteiger partial charge in [-0.1, -0.05) is 0 Å². The second kappa shape index (κ2) is 5.56. The van der Waals surface area contributed by atoms with Crippen LogP contribution >= 0.6 is 0 Å². The van der Waals surface area contributed by atoms with E-state index in [2.05, 4.69) is 20.3 Å². The van der Waals surface area contributed by atoms with Crippen molar-refractivity contribution in [1.29, 1.82) is 0 Å². The minimum atomic E-state index is -0.0628. The van der Waals surface area contributed by atoms with Crippen molar-refractivity contribution in [3.8, 4) is 0 Å². The molecule has 0 bridgehead atoms. The molecule has 0 spiro atoms. The monoisotopic (exact) mass is 269 g/mol. The predicted molar refractivity (Wildman–Crippen MR) is 75.3 cm³/mol. The van der Waals surface area contributed by atoms with Crippen LogP contribution in [0.2, 0.25) is 0 Å². The third-order valence-electron chi connectivity index (χ3n) is 3.12. The topological polar surface area (TPSA) is 75.6 Å². The Morgan fingerprint density at radius 3 is 3.20 bits per heavy atom. The van der Waals surface area contributed by atoms with E-state index in [1.807, 2.05) is 22.9 Å². The number of H-pyrrole nitrogens is 1. The third kappa shape index (κ3) is 2.69. The summed E-state index contributed by atoms with van der Waals surface area (Å²) < 4.78 is 1.99. The molecule has 0 unspecified atom stereocenters. The van der Waals surface area contributed by atoms with Gasteiger partial charge in [-0.15, -0.1) is 0 Å². The number of hydrogen-bond donors (Lipinski definition) is 2. The average Bonchev–Trinajstić information content (AvgIpc) is 3.13. The molecule has 0 fully saturated rings. The van der Waals surface area contributed by atoms with Gasteiger partial charge in [-0.3, -0.25) is 4.79 Å². The van der Waals surface area contributed by atoms with Crippen molar-refractivity contribution in [2.75, 3.05) is 6.54 Å². The van der Waals surface area contributed by atoms with E-state index in [1.54, 1.807) is 24.9 Å². The van der Waals surface area contributed by atoms with Crippen LogP contribution in [-0.2, 0) is 6.54 Å². The number of carbonyl (C=O) groups excluding carboxylic acids is 1. The van der Waals surface area contributed by atoms with Crippen molar-refractivity contribution in [3.05, 3.63) is 48.8 Å². The summed E-state index contributed by atoms with van der Waals surface area (Å²) in [6.45, 7) is 1.48. The molecule has 0 saturated heterocycles. The van der Waals surface area contributed by atoms with Gasteiger partial charge in [-0.05, 0) is 24.6 Å². The van der Waals surface area contributed by atoms with Crippen LogP contribution in [0, 0.1) is 0 Å². The number of hydrogen-bond acceptors (Lipinski definition) is 3. The fourth-order valence-corrected chi connectivity index (χ4v) is 2.06. The van der Waals surface area contributed by atoms with E-state index < -0.39 is 0 Å². The van der Waals surface area contributed by atoms with Crippen molar-refractivity contribution < 1.29 is 4.79 Å². The number of rotatable bonds is 5. The molecule has 3 aromatic rings. The van der Waals surface area contributed by atoms with Crippen LogP contribution in [0.25, 0.3) is 11.0 Å². The lowest BCUT2D eigenvalue weighted by molar-refractivity contribution is 0.0953.